The Balaban J connectivity index is 1.52. The third kappa shape index (κ3) is 3.38. The maximum absolute atomic E-state index is 13.0. The Morgan fingerprint density at radius 1 is 1.03 bits per heavy atom. The Kier molecular flexibility index (Phi) is 5.03. The number of piperidine rings is 1. The van der Waals surface area contributed by atoms with Crippen LogP contribution < -0.4 is 5.32 Å². The molecule has 1 N–H and O–H groups in total. The Morgan fingerprint density at radius 3 is 2.62 bits per heavy atom. The number of imide groups is 1. The zero-order chi connectivity index (χ0) is 22.6. The molecule has 2 aliphatic heterocycles. The predicted molar refractivity (Wildman–Crippen MR) is 120 cm³/mol. The Hall–Kier alpha value is -3.16. The Labute approximate surface area is 193 Å². The highest BCUT2D eigenvalue weighted by atomic mass is 35.5. The molecule has 3 amide bonds. The first-order valence-electron chi connectivity index (χ1n) is 10.1. The molecule has 32 heavy (non-hydrogen) atoms. The van der Waals surface area contributed by atoms with Crippen molar-refractivity contribution in [2.75, 3.05) is 0 Å². The summed E-state index contributed by atoms with van der Waals surface area (Å²) in [6.45, 7) is 0.307. The molecule has 7 nitrogen and oxygen atoms in total. The topological polar surface area (TPSA) is 84.3 Å². The summed E-state index contributed by atoms with van der Waals surface area (Å²) in [5.41, 5.74) is 4.68. The van der Waals surface area contributed by atoms with E-state index in [0.717, 1.165) is 27.9 Å². The molecule has 3 heterocycles. The first-order valence-corrected chi connectivity index (χ1v) is 10.8. The van der Waals surface area contributed by atoms with Gasteiger partial charge in [0.1, 0.15) is 6.04 Å². The maximum Gasteiger partial charge on any atom is 0.255 e. The van der Waals surface area contributed by atoms with E-state index in [1.165, 1.54) is 4.90 Å². The highest BCUT2D eigenvalue weighted by molar-refractivity contribution is 6.35. The molecule has 2 aliphatic rings. The smallest absolute Gasteiger partial charge is 0.255 e. The number of carbonyl (C=O) groups is 3. The molecular weight excluding hydrogens is 451 g/mol. The van der Waals surface area contributed by atoms with Gasteiger partial charge < -0.3 is 4.90 Å². The summed E-state index contributed by atoms with van der Waals surface area (Å²) in [5.74, 6) is -0.931. The van der Waals surface area contributed by atoms with Crippen molar-refractivity contribution in [2.45, 2.75) is 25.4 Å². The summed E-state index contributed by atoms with van der Waals surface area (Å²) in [6.07, 6.45) is 2.31. The van der Waals surface area contributed by atoms with Crippen LogP contribution in [0, 0.1) is 0 Å². The van der Waals surface area contributed by atoms with E-state index in [4.69, 9.17) is 23.2 Å². The SMILES string of the molecule is Cn1ncc(-c2ccc3c(c2)CN(C2CCC(=O)NC2=O)C3=O)c1-c1cc(Cl)ccc1Cl. The number of nitrogens with zero attached hydrogens (tertiary/aromatic N) is 3. The Morgan fingerprint density at radius 2 is 1.84 bits per heavy atom. The number of carbonyl (C=O) groups excluding carboxylic acids is 3. The van der Waals surface area contributed by atoms with E-state index in [1.54, 1.807) is 35.1 Å². The van der Waals surface area contributed by atoms with Gasteiger partial charge in [0.2, 0.25) is 11.8 Å². The first-order chi connectivity index (χ1) is 15.3. The van der Waals surface area contributed by atoms with Crippen LogP contribution in [0.4, 0.5) is 0 Å². The molecule has 0 saturated carbocycles. The number of fused-ring (bicyclic) bond motifs is 1. The van der Waals surface area contributed by atoms with E-state index < -0.39 is 11.9 Å². The lowest BCUT2D eigenvalue weighted by atomic mass is 9.98. The van der Waals surface area contributed by atoms with Crippen LogP contribution in [0.5, 0.6) is 0 Å². The fraction of sp³-hybridized carbons (Fsp3) is 0.217. The van der Waals surface area contributed by atoms with Crippen molar-refractivity contribution in [1.82, 2.24) is 20.0 Å². The standard InChI is InChI=1S/C23H18Cl2N4O3/c1-28-21(16-9-14(24)3-5-18(16)25)17(10-26-28)12-2-4-15-13(8-12)11-29(23(15)32)19-6-7-20(30)27-22(19)31/h2-5,8-10,19H,6-7,11H2,1H3,(H,27,30,31). The number of hydrogen-bond acceptors (Lipinski definition) is 4. The van der Waals surface area contributed by atoms with E-state index in [9.17, 15) is 14.4 Å². The summed E-state index contributed by atoms with van der Waals surface area (Å²) < 4.78 is 1.74. The fourth-order valence-electron chi connectivity index (χ4n) is 4.39. The van der Waals surface area contributed by atoms with Crippen LogP contribution >= 0.6 is 23.2 Å². The van der Waals surface area contributed by atoms with Crippen molar-refractivity contribution in [1.29, 1.82) is 0 Å². The van der Waals surface area contributed by atoms with Crippen LogP contribution in [0.15, 0.2) is 42.6 Å². The zero-order valence-corrected chi connectivity index (χ0v) is 18.6. The molecule has 9 heteroatoms. The normalized spacial score (nSPS) is 18.2. The second-order valence-electron chi connectivity index (χ2n) is 7.93. The van der Waals surface area contributed by atoms with Crippen molar-refractivity contribution in [2.24, 2.45) is 7.05 Å². The number of benzene rings is 2. The van der Waals surface area contributed by atoms with Gasteiger partial charge in [-0.1, -0.05) is 29.3 Å². The zero-order valence-electron chi connectivity index (χ0n) is 17.1. The van der Waals surface area contributed by atoms with Gasteiger partial charge in [0, 0.05) is 41.7 Å². The lowest BCUT2D eigenvalue weighted by Crippen LogP contribution is -2.52. The average Bonchev–Trinajstić information content (AvgIpc) is 3.29. The van der Waals surface area contributed by atoms with Gasteiger partial charge in [0.25, 0.3) is 5.91 Å². The van der Waals surface area contributed by atoms with Crippen molar-refractivity contribution in [3.63, 3.8) is 0 Å². The highest BCUT2D eigenvalue weighted by Crippen LogP contribution is 2.38. The van der Waals surface area contributed by atoms with E-state index in [0.29, 0.717) is 28.6 Å². The maximum atomic E-state index is 13.0. The number of aryl methyl sites for hydroxylation is 1. The number of rotatable bonds is 3. The molecule has 1 atom stereocenters. The summed E-state index contributed by atoms with van der Waals surface area (Å²) >= 11 is 12.7. The van der Waals surface area contributed by atoms with Crippen LogP contribution in [0.3, 0.4) is 0 Å². The van der Waals surface area contributed by atoms with Gasteiger partial charge in [-0.25, -0.2) is 0 Å². The number of aromatic nitrogens is 2. The molecule has 0 aliphatic carbocycles. The molecule has 0 bridgehead atoms. The molecule has 1 aromatic heterocycles. The number of hydrogen-bond donors (Lipinski definition) is 1. The van der Waals surface area contributed by atoms with Gasteiger partial charge in [-0.15, -0.1) is 0 Å². The molecule has 2 aromatic carbocycles. The van der Waals surface area contributed by atoms with Gasteiger partial charge in [-0.05, 0) is 47.9 Å². The van der Waals surface area contributed by atoms with Gasteiger partial charge in [-0.2, -0.15) is 5.10 Å². The van der Waals surface area contributed by atoms with Crippen molar-refractivity contribution in [3.8, 4) is 22.4 Å². The molecule has 1 saturated heterocycles. The minimum atomic E-state index is -0.643. The number of halogens is 2. The molecule has 1 fully saturated rings. The third-order valence-corrected chi connectivity index (χ3v) is 6.52. The van der Waals surface area contributed by atoms with Gasteiger partial charge in [0.05, 0.1) is 16.9 Å². The Bertz CT molecular complexity index is 1300. The summed E-state index contributed by atoms with van der Waals surface area (Å²) in [6, 6.07) is 10.2. The quantitative estimate of drug-likeness (QED) is 0.592. The highest BCUT2D eigenvalue weighted by Gasteiger charge is 2.39. The molecule has 5 rings (SSSR count). The summed E-state index contributed by atoms with van der Waals surface area (Å²) in [4.78, 5) is 38.2. The minimum Gasteiger partial charge on any atom is -0.322 e. The first kappa shape index (κ1) is 20.7. The lowest BCUT2D eigenvalue weighted by Gasteiger charge is -2.29. The summed E-state index contributed by atoms with van der Waals surface area (Å²) in [7, 11) is 1.83. The van der Waals surface area contributed by atoms with Crippen LogP contribution in [-0.4, -0.2) is 38.4 Å². The van der Waals surface area contributed by atoms with Crippen molar-refractivity contribution in [3.05, 3.63) is 63.8 Å². The largest absolute Gasteiger partial charge is 0.322 e. The van der Waals surface area contributed by atoms with Crippen LogP contribution in [0.1, 0.15) is 28.8 Å². The third-order valence-electron chi connectivity index (χ3n) is 5.96. The lowest BCUT2D eigenvalue weighted by molar-refractivity contribution is -0.136. The molecule has 3 aromatic rings. The monoisotopic (exact) mass is 468 g/mol. The van der Waals surface area contributed by atoms with Gasteiger partial charge in [0.15, 0.2) is 0 Å². The molecule has 1 unspecified atom stereocenters. The van der Waals surface area contributed by atoms with Gasteiger partial charge >= 0.3 is 0 Å². The van der Waals surface area contributed by atoms with E-state index in [2.05, 4.69) is 10.4 Å². The second kappa shape index (κ2) is 7.76. The van der Waals surface area contributed by atoms with Gasteiger partial charge in [-0.3, -0.25) is 24.4 Å². The molecule has 162 valence electrons. The minimum absolute atomic E-state index is 0.203. The molecular formula is C23H18Cl2N4O3. The van der Waals surface area contributed by atoms with E-state index >= 15 is 0 Å². The second-order valence-corrected chi connectivity index (χ2v) is 8.77. The predicted octanol–water partition coefficient (Wildman–Crippen LogP) is 3.82. The fourth-order valence-corrected chi connectivity index (χ4v) is 4.77. The van der Waals surface area contributed by atoms with Crippen LogP contribution in [0.25, 0.3) is 22.4 Å². The van der Waals surface area contributed by atoms with Crippen LogP contribution in [-0.2, 0) is 23.2 Å². The number of nitrogens with one attached hydrogen (secondary N) is 1. The summed E-state index contributed by atoms with van der Waals surface area (Å²) in [5, 5.41) is 7.85. The van der Waals surface area contributed by atoms with Crippen LogP contribution in [0.2, 0.25) is 10.0 Å². The van der Waals surface area contributed by atoms with E-state index in [1.807, 2.05) is 19.2 Å². The number of amides is 3. The van der Waals surface area contributed by atoms with Crippen molar-refractivity contribution >= 4 is 40.9 Å². The molecule has 0 spiro atoms. The van der Waals surface area contributed by atoms with E-state index in [-0.39, 0.29) is 18.2 Å². The molecule has 0 radical (unpaired) electrons. The average molecular weight is 469 g/mol. The van der Waals surface area contributed by atoms with Crippen molar-refractivity contribution < 1.29 is 14.4 Å².